The average Bonchev–Trinajstić information content (AvgIpc) is 2.47. The average molecular weight is 221 g/mol. The molecule has 1 aliphatic rings. The molecule has 1 aliphatic heterocycles. The molecule has 1 heterocycles. The zero-order chi connectivity index (χ0) is 10.8. The van der Waals surface area contributed by atoms with Crippen molar-refractivity contribution in [1.82, 2.24) is 5.32 Å². The van der Waals surface area contributed by atoms with Crippen molar-refractivity contribution in [3.8, 4) is 0 Å². The van der Waals surface area contributed by atoms with Gasteiger partial charge in [0.25, 0.3) is 5.91 Å². The maximum Gasteiger partial charge on any atom is 0.260 e. The Morgan fingerprint density at radius 2 is 2.00 bits per heavy atom. The van der Waals surface area contributed by atoms with Crippen molar-refractivity contribution >= 4 is 17.7 Å². The molecule has 2 rings (SSSR count). The molecule has 1 aromatic rings. The summed E-state index contributed by atoms with van der Waals surface area (Å²) in [5, 5.41) is 11.9. The molecule has 78 valence electrons. The maximum atomic E-state index is 11.4. The summed E-state index contributed by atoms with van der Waals surface area (Å²) in [6, 6.07) is 9.63. The lowest BCUT2D eigenvalue weighted by molar-refractivity contribution is -0.117. The number of benzene rings is 1. The van der Waals surface area contributed by atoms with Crippen LogP contribution in [0.15, 0.2) is 45.7 Å². The van der Waals surface area contributed by atoms with Gasteiger partial charge in [0.2, 0.25) is 0 Å². The molecule has 0 saturated heterocycles. The molecular weight excluding hydrogens is 210 g/mol. The summed E-state index contributed by atoms with van der Waals surface area (Å²) in [4.78, 5) is 13.0. The minimum atomic E-state index is -0.830. The van der Waals surface area contributed by atoms with Gasteiger partial charge in [0.1, 0.15) is 6.23 Å². The van der Waals surface area contributed by atoms with E-state index in [1.807, 2.05) is 30.3 Å². The first-order valence-electron chi connectivity index (χ1n) is 4.61. The summed E-state index contributed by atoms with van der Waals surface area (Å²) < 4.78 is 0. The van der Waals surface area contributed by atoms with E-state index >= 15 is 0 Å². The molecule has 0 fully saturated rings. The Hall–Kier alpha value is -1.26. The van der Waals surface area contributed by atoms with Gasteiger partial charge in [-0.15, -0.1) is 0 Å². The Morgan fingerprint density at radius 3 is 2.53 bits per heavy atom. The summed E-state index contributed by atoms with van der Waals surface area (Å²) in [7, 11) is 0. The smallest absolute Gasteiger partial charge is 0.260 e. The number of carbonyl (C=O) groups is 1. The topological polar surface area (TPSA) is 49.3 Å². The van der Waals surface area contributed by atoms with Crippen molar-refractivity contribution in [3.63, 3.8) is 0 Å². The minimum Gasteiger partial charge on any atom is -0.370 e. The summed E-state index contributed by atoms with van der Waals surface area (Å²) in [6.45, 7) is 1.76. The van der Waals surface area contributed by atoms with Crippen LogP contribution in [0.4, 0.5) is 0 Å². The van der Waals surface area contributed by atoms with Gasteiger partial charge in [0.05, 0.1) is 4.91 Å². The van der Waals surface area contributed by atoms with Gasteiger partial charge in [-0.05, 0) is 24.6 Å². The lowest BCUT2D eigenvalue weighted by Crippen LogP contribution is -2.27. The molecule has 0 aliphatic carbocycles. The fraction of sp³-hybridized carbons (Fsp3) is 0.182. The van der Waals surface area contributed by atoms with E-state index in [1.165, 1.54) is 11.8 Å². The molecule has 0 bridgehead atoms. The number of hydrogen-bond donors (Lipinski definition) is 2. The van der Waals surface area contributed by atoms with Crippen LogP contribution in [0.1, 0.15) is 6.92 Å². The van der Waals surface area contributed by atoms with Crippen molar-refractivity contribution < 1.29 is 9.90 Å². The Kier molecular flexibility index (Phi) is 2.79. The third-order valence-electron chi connectivity index (χ3n) is 2.21. The van der Waals surface area contributed by atoms with Crippen molar-refractivity contribution in [2.24, 2.45) is 0 Å². The SMILES string of the molecule is CC1=C(Sc2ccccc2)C(=O)NC1O. The molecule has 15 heavy (non-hydrogen) atoms. The van der Waals surface area contributed by atoms with Gasteiger partial charge in [-0.3, -0.25) is 4.79 Å². The second-order valence-electron chi connectivity index (χ2n) is 3.30. The normalized spacial score (nSPS) is 20.7. The number of aliphatic hydroxyl groups excluding tert-OH is 1. The predicted molar refractivity (Wildman–Crippen MR) is 59.1 cm³/mol. The molecule has 0 saturated carbocycles. The molecule has 0 radical (unpaired) electrons. The summed E-state index contributed by atoms with van der Waals surface area (Å²) in [5.74, 6) is -0.200. The Balaban J connectivity index is 2.23. The molecule has 1 aromatic carbocycles. The Bertz CT molecular complexity index is 414. The quantitative estimate of drug-likeness (QED) is 0.795. The molecule has 1 atom stereocenters. The standard InChI is InChI=1S/C11H11NO2S/c1-7-9(11(14)12-10(7)13)15-8-5-3-2-4-6-8/h2-6,10,13H,1H3,(H,12,14). The van der Waals surface area contributed by atoms with Gasteiger partial charge < -0.3 is 10.4 Å². The van der Waals surface area contributed by atoms with Gasteiger partial charge in [-0.1, -0.05) is 30.0 Å². The van der Waals surface area contributed by atoms with E-state index in [2.05, 4.69) is 5.32 Å². The predicted octanol–water partition coefficient (Wildman–Crippen LogP) is 1.50. The zero-order valence-electron chi connectivity index (χ0n) is 8.23. The highest BCUT2D eigenvalue weighted by Gasteiger charge is 2.27. The van der Waals surface area contributed by atoms with Crippen molar-refractivity contribution in [2.45, 2.75) is 18.0 Å². The molecule has 1 unspecified atom stereocenters. The summed E-state index contributed by atoms with van der Waals surface area (Å²) >= 11 is 1.38. The van der Waals surface area contributed by atoms with Gasteiger partial charge >= 0.3 is 0 Å². The molecule has 1 amide bonds. The number of carbonyl (C=O) groups excluding carboxylic acids is 1. The van der Waals surface area contributed by atoms with Crippen molar-refractivity contribution in [3.05, 3.63) is 40.8 Å². The first kappa shape index (κ1) is 10.3. The molecular formula is C11H11NO2S. The third kappa shape index (κ3) is 2.06. The maximum absolute atomic E-state index is 11.4. The second kappa shape index (κ2) is 4.08. The Morgan fingerprint density at radius 1 is 1.33 bits per heavy atom. The van der Waals surface area contributed by atoms with E-state index in [4.69, 9.17) is 0 Å². The van der Waals surface area contributed by atoms with E-state index in [9.17, 15) is 9.90 Å². The van der Waals surface area contributed by atoms with Crippen LogP contribution >= 0.6 is 11.8 Å². The van der Waals surface area contributed by atoms with Gasteiger partial charge in [0.15, 0.2) is 0 Å². The van der Waals surface area contributed by atoms with Gasteiger partial charge in [-0.2, -0.15) is 0 Å². The van der Waals surface area contributed by atoms with Crippen molar-refractivity contribution in [2.75, 3.05) is 0 Å². The fourth-order valence-electron chi connectivity index (χ4n) is 1.33. The number of hydrogen-bond acceptors (Lipinski definition) is 3. The van der Waals surface area contributed by atoms with E-state index in [0.29, 0.717) is 10.5 Å². The zero-order valence-corrected chi connectivity index (χ0v) is 9.04. The summed E-state index contributed by atoms with van der Waals surface area (Å²) in [5.41, 5.74) is 0.689. The third-order valence-corrected chi connectivity index (χ3v) is 3.42. The highest BCUT2D eigenvalue weighted by molar-refractivity contribution is 8.04. The molecule has 3 nitrogen and oxygen atoms in total. The largest absolute Gasteiger partial charge is 0.370 e. The lowest BCUT2D eigenvalue weighted by Gasteiger charge is -2.01. The highest BCUT2D eigenvalue weighted by Crippen LogP contribution is 2.32. The number of rotatable bonds is 2. The van der Waals surface area contributed by atoms with Crippen LogP contribution in [-0.2, 0) is 4.79 Å². The van der Waals surface area contributed by atoms with Crippen molar-refractivity contribution in [1.29, 1.82) is 0 Å². The molecule has 0 spiro atoms. The van der Waals surface area contributed by atoms with Crippen LogP contribution in [0, 0.1) is 0 Å². The van der Waals surface area contributed by atoms with Gasteiger partial charge in [-0.25, -0.2) is 0 Å². The van der Waals surface area contributed by atoms with Gasteiger partial charge in [0, 0.05) is 4.90 Å². The monoisotopic (exact) mass is 221 g/mol. The fourth-order valence-corrected chi connectivity index (χ4v) is 2.29. The molecule has 4 heteroatoms. The van der Waals surface area contributed by atoms with E-state index < -0.39 is 6.23 Å². The van der Waals surface area contributed by atoms with Crippen LogP contribution in [0.25, 0.3) is 0 Å². The Labute approximate surface area is 92.2 Å². The van der Waals surface area contributed by atoms with Crippen LogP contribution in [0.2, 0.25) is 0 Å². The lowest BCUT2D eigenvalue weighted by atomic mass is 10.3. The molecule has 0 aromatic heterocycles. The number of amides is 1. The number of aliphatic hydroxyl groups is 1. The van der Waals surface area contributed by atoms with E-state index in [1.54, 1.807) is 6.92 Å². The van der Waals surface area contributed by atoms with Crippen LogP contribution in [0.5, 0.6) is 0 Å². The highest BCUT2D eigenvalue weighted by atomic mass is 32.2. The molecule has 2 N–H and O–H groups in total. The van der Waals surface area contributed by atoms with E-state index in [0.717, 1.165) is 4.90 Å². The minimum absolute atomic E-state index is 0.200. The first-order valence-corrected chi connectivity index (χ1v) is 5.43. The van der Waals surface area contributed by atoms with Crippen LogP contribution in [-0.4, -0.2) is 17.2 Å². The number of thioether (sulfide) groups is 1. The van der Waals surface area contributed by atoms with Crippen LogP contribution < -0.4 is 5.32 Å². The van der Waals surface area contributed by atoms with Crippen LogP contribution in [0.3, 0.4) is 0 Å². The summed E-state index contributed by atoms with van der Waals surface area (Å²) in [6.07, 6.45) is -0.830. The first-order chi connectivity index (χ1) is 7.18. The second-order valence-corrected chi connectivity index (χ2v) is 4.39. The number of nitrogens with one attached hydrogen (secondary N) is 1. The van der Waals surface area contributed by atoms with E-state index in [-0.39, 0.29) is 5.91 Å².